The Hall–Kier alpha value is -3.52. The van der Waals surface area contributed by atoms with Gasteiger partial charge in [0.15, 0.2) is 0 Å². The van der Waals surface area contributed by atoms with Crippen LogP contribution in [-0.4, -0.2) is 57.1 Å². The van der Waals surface area contributed by atoms with Gasteiger partial charge in [-0.25, -0.2) is 9.97 Å². The molecule has 0 radical (unpaired) electrons. The van der Waals surface area contributed by atoms with Crippen LogP contribution in [-0.2, 0) is 0 Å². The van der Waals surface area contributed by atoms with Gasteiger partial charge in [0.05, 0.1) is 25.6 Å². The highest BCUT2D eigenvalue weighted by Gasteiger charge is 2.21. The number of benzene rings is 1. The fourth-order valence-electron chi connectivity index (χ4n) is 3.70. The molecule has 3 aromatic rings. The topological polar surface area (TPSA) is 86.0 Å². The second kappa shape index (κ2) is 9.53. The van der Waals surface area contributed by atoms with Crippen LogP contribution in [0, 0.1) is 0 Å². The second-order valence-corrected chi connectivity index (χ2v) is 7.09. The lowest BCUT2D eigenvalue weighted by atomic mass is 10.1. The van der Waals surface area contributed by atoms with Crippen LogP contribution in [0.15, 0.2) is 54.7 Å². The van der Waals surface area contributed by atoms with E-state index in [0.717, 1.165) is 48.9 Å². The van der Waals surface area contributed by atoms with E-state index in [9.17, 15) is 0 Å². The summed E-state index contributed by atoms with van der Waals surface area (Å²) in [5.41, 5.74) is 9.43. The van der Waals surface area contributed by atoms with E-state index in [4.69, 9.17) is 24.9 Å². The Kier molecular flexibility index (Phi) is 6.37. The maximum absolute atomic E-state index is 5.43. The van der Waals surface area contributed by atoms with Gasteiger partial charge >= 0.3 is 0 Å². The Bertz CT molecular complexity index is 987. The number of piperazine rings is 1. The molecule has 4 rings (SSSR count). The van der Waals surface area contributed by atoms with Gasteiger partial charge in [-0.15, -0.1) is 0 Å². The lowest BCUT2D eigenvalue weighted by Crippen LogP contribution is -2.46. The average molecular weight is 422 g/mol. The van der Waals surface area contributed by atoms with E-state index >= 15 is 0 Å². The number of hydrogen-bond acceptors (Lipinski definition) is 8. The van der Waals surface area contributed by atoms with E-state index < -0.39 is 0 Å². The van der Waals surface area contributed by atoms with E-state index in [1.54, 1.807) is 26.5 Å². The van der Waals surface area contributed by atoms with Crippen LogP contribution in [0.1, 0.15) is 0 Å². The largest absolute Gasteiger partial charge is 0.497 e. The van der Waals surface area contributed by atoms with Crippen LogP contribution in [0.3, 0.4) is 0 Å². The lowest BCUT2D eigenvalue weighted by molar-refractivity contribution is 0.317. The summed E-state index contributed by atoms with van der Waals surface area (Å²) in [5, 5.41) is 0. The highest BCUT2D eigenvalue weighted by molar-refractivity contribution is 5.75. The van der Waals surface area contributed by atoms with Crippen molar-refractivity contribution in [2.24, 2.45) is 5.73 Å². The van der Waals surface area contributed by atoms with E-state index in [-0.39, 0.29) is 6.73 Å². The molecule has 8 heteroatoms. The molecule has 2 aromatic heterocycles. The minimum absolute atomic E-state index is 0.0908. The minimum atomic E-state index is 0.0908. The smallest absolute Gasteiger partial charge is 0.214 e. The Balaban J connectivity index is 1.54. The number of aromatic nitrogens is 2. The molecule has 0 spiro atoms. The molecule has 0 atom stereocenters. The first-order valence-corrected chi connectivity index (χ1v) is 10.2. The zero-order valence-corrected chi connectivity index (χ0v) is 17.8. The van der Waals surface area contributed by atoms with Gasteiger partial charge in [0.2, 0.25) is 11.8 Å². The van der Waals surface area contributed by atoms with Gasteiger partial charge in [0.1, 0.15) is 12.5 Å². The van der Waals surface area contributed by atoms with Crippen LogP contribution in [0.2, 0.25) is 0 Å². The number of rotatable bonds is 7. The third kappa shape index (κ3) is 4.64. The molecule has 162 valence electrons. The molecule has 0 amide bonds. The zero-order chi connectivity index (χ0) is 21.6. The number of hydrogen-bond donors (Lipinski definition) is 1. The van der Waals surface area contributed by atoms with Crippen LogP contribution < -0.4 is 29.7 Å². The molecule has 1 fully saturated rings. The molecule has 3 heterocycles. The SMILES string of the molecule is COc1ccc(N2CCN(c3ccc(OC)nc3-c3ccc(OCN)nc3)CC2)cc1. The van der Waals surface area contributed by atoms with E-state index in [1.807, 2.05) is 24.3 Å². The number of nitrogens with zero attached hydrogens (tertiary/aromatic N) is 4. The molecule has 0 unspecified atom stereocenters. The predicted octanol–water partition coefficient (Wildman–Crippen LogP) is 2.78. The fourth-order valence-corrected chi connectivity index (χ4v) is 3.70. The van der Waals surface area contributed by atoms with Gasteiger partial charge in [-0.05, 0) is 36.4 Å². The molecule has 1 aliphatic heterocycles. The van der Waals surface area contributed by atoms with Crippen LogP contribution in [0.25, 0.3) is 11.3 Å². The second-order valence-electron chi connectivity index (χ2n) is 7.09. The summed E-state index contributed by atoms with van der Waals surface area (Å²) in [4.78, 5) is 13.8. The Morgan fingerprint density at radius 1 is 0.839 bits per heavy atom. The number of nitrogens with two attached hydrogens (primary N) is 1. The summed E-state index contributed by atoms with van der Waals surface area (Å²) in [5.74, 6) is 1.93. The van der Waals surface area contributed by atoms with Crippen molar-refractivity contribution in [3.05, 3.63) is 54.7 Å². The number of pyridine rings is 2. The minimum Gasteiger partial charge on any atom is -0.497 e. The normalized spacial score (nSPS) is 13.8. The third-order valence-corrected chi connectivity index (χ3v) is 5.36. The highest BCUT2D eigenvalue weighted by Crippen LogP contribution is 2.32. The van der Waals surface area contributed by atoms with Crippen molar-refractivity contribution in [1.29, 1.82) is 0 Å². The fraction of sp³-hybridized carbons (Fsp3) is 0.304. The summed E-state index contributed by atoms with van der Waals surface area (Å²) in [6.45, 7) is 3.69. The number of anilines is 2. The molecule has 8 nitrogen and oxygen atoms in total. The maximum Gasteiger partial charge on any atom is 0.214 e. The van der Waals surface area contributed by atoms with Crippen molar-refractivity contribution in [2.75, 3.05) is 56.9 Å². The van der Waals surface area contributed by atoms with Gasteiger partial charge in [0, 0.05) is 55.8 Å². The van der Waals surface area contributed by atoms with Gasteiger partial charge in [-0.3, -0.25) is 5.73 Å². The van der Waals surface area contributed by atoms with E-state index in [2.05, 4.69) is 33.0 Å². The van der Waals surface area contributed by atoms with E-state index in [1.165, 1.54) is 5.69 Å². The molecular weight excluding hydrogens is 394 g/mol. The Morgan fingerprint density at radius 3 is 2.16 bits per heavy atom. The van der Waals surface area contributed by atoms with Gasteiger partial charge in [-0.1, -0.05) is 0 Å². The number of ether oxygens (including phenoxy) is 3. The van der Waals surface area contributed by atoms with Crippen LogP contribution in [0.5, 0.6) is 17.5 Å². The lowest BCUT2D eigenvalue weighted by Gasteiger charge is -2.38. The van der Waals surface area contributed by atoms with Gasteiger partial charge < -0.3 is 24.0 Å². The maximum atomic E-state index is 5.43. The first-order chi connectivity index (χ1) is 15.2. The van der Waals surface area contributed by atoms with Crippen molar-refractivity contribution in [3.63, 3.8) is 0 Å². The van der Waals surface area contributed by atoms with Crippen molar-refractivity contribution in [3.8, 4) is 28.8 Å². The molecule has 1 saturated heterocycles. The molecule has 0 bridgehead atoms. The van der Waals surface area contributed by atoms with E-state index in [0.29, 0.717) is 11.8 Å². The summed E-state index contributed by atoms with van der Waals surface area (Å²) in [6.07, 6.45) is 1.75. The molecule has 1 aliphatic rings. The highest BCUT2D eigenvalue weighted by atomic mass is 16.5. The molecule has 31 heavy (non-hydrogen) atoms. The first kappa shape index (κ1) is 20.7. The van der Waals surface area contributed by atoms with Crippen molar-refractivity contribution < 1.29 is 14.2 Å². The van der Waals surface area contributed by atoms with Crippen LogP contribution >= 0.6 is 0 Å². The summed E-state index contributed by atoms with van der Waals surface area (Å²) < 4.78 is 15.9. The van der Waals surface area contributed by atoms with Crippen molar-refractivity contribution >= 4 is 11.4 Å². The standard InChI is InChI=1S/C23H27N5O3/c1-29-19-6-4-18(5-7-19)27-11-13-28(14-12-27)20-8-10-22(30-2)26-23(20)17-3-9-21(25-15-17)31-16-24/h3-10,15H,11-14,16,24H2,1-2H3. The third-order valence-electron chi connectivity index (χ3n) is 5.36. The summed E-state index contributed by atoms with van der Waals surface area (Å²) in [6, 6.07) is 15.9. The molecule has 1 aromatic carbocycles. The predicted molar refractivity (Wildman–Crippen MR) is 121 cm³/mol. The van der Waals surface area contributed by atoms with Gasteiger partial charge in [-0.2, -0.15) is 0 Å². The average Bonchev–Trinajstić information content (AvgIpc) is 2.84. The summed E-state index contributed by atoms with van der Waals surface area (Å²) >= 11 is 0. The van der Waals surface area contributed by atoms with Crippen LogP contribution in [0.4, 0.5) is 11.4 Å². The first-order valence-electron chi connectivity index (χ1n) is 10.2. The quantitative estimate of drug-likeness (QED) is 0.583. The Morgan fingerprint density at radius 2 is 1.55 bits per heavy atom. The Labute approximate surface area is 182 Å². The number of methoxy groups -OCH3 is 2. The molecule has 0 saturated carbocycles. The van der Waals surface area contributed by atoms with Crippen molar-refractivity contribution in [2.45, 2.75) is 0 Å². The molecule has 2 N–H and O–H groups in total. The molecular formula is C23H27N5O3. The monoisotopic (exact) mass is 421 g/mol. The molecule has 0 aliphatic carbocycles. The van der Waals surface area contributed by atoms with Crippen molar-refractivity contribution in [1.82, 2.24) is 9.97 Å². The summed E-state index contributed by atoms with van der Waals surface area (Å²) in [7, 11) is 3.30. The van der Waals surface area contributed by atoms with Gasteiger partial charge in [0.25, 0.3) is 0 Å². The zero-order valence-electron chi connectivity index (χ0n) is 17.8.